The van der Waals surface area contributed by atoms with Crippen molar-refractivity contribution in [3.8, 4) is 0 Å². The maximum Gasteiger partial charge on any atom is 0.340 e. The minimum Gasteiger partial charge on any atom is -0.478 e. The number of carboxylic acids is 1. The van der Waals surface area contributed by atoms with Gasteiger partial charge in [-0.2, -0.15) is 0 Å². The first-order chi connectivity index (χ1) is 7.91. The molecule has 0 radical (unpaired) electrons. The van der Waals surface area contributed by atoms with Crippen LogP contribution in [-0.4, -0.2) is 35.1 Å². The summed E-state index contributed by atoms with van der Waals surface area (Å²) in [7, 11) is 0. The first kappa shape index (κ1) is 12.5. The molecular formula is C10H9F2IN2O2. The quantitative estimate of drug-likeness (QED) is 0.828. The van der Waals surface area contributed by atoms with E-state index in [1.54, 1.807) is 6.07 Å². The van der Waals surface area contributed by atoms with E-state index in [0.29, 0.717) is 3.57 Å². The van der Waals surface area contributed by atoms with E-state index in [0.717, 1.165) is 0 Å². The van der Waals surface area contributed by atoms with Gasteiger partial charge in [-0.1, -0.05) is 0 Å². The number of anilines is 1. The molecule has 1 aliphatic heterocycles. The molecule has 1 saturated heterocycles. The van der Waals surface area contributed by atoms with Gasteiger partial charge in [0.25, 0.3) is 5.92 Å². The Labute approximate surface area is 110 Å². The van der Waals surface area contributed by atoms with Crippen LogP contribution in [0.1, 0.15) is 16.8 Å². The predicted molar refractivity (Wildman–Crippen MR) is 65.7 cm³/mol. The molecular weight excluding hydrogens is 345 g/mol. The highest BCUT2D eigenvalue weighted by atomic mass is 127. The van der Waals surface area contributed by atoms with Crippen molar-refractivity contribution in [2.24, 2.45) is 0 Å². The van der Waals surface area contributed by atoms with Crippen molar-refractivity contribution in [2.75, 3.05) is 18.0 Å². The van der Waals surface area contributed by atoms with Crippen molar-refractivity contribution in [3.05, 3.63) is 21.4 Å². The molecule has 0 bridgehead atoms. The maximum atomic E-state index is 13.1. The third kappa shape index (κ3) is 2.48. The van der Waals surface area contributed by atoms with Crippen molar-refractivity contribution < 1.29 is 18.7 Å². The van der Waals surface area contributed by atoms with Crippen molar-refractivity contribution >= 4 is 34.4 Å². The summed E-state index contributed by atoms with van der Waals surface area (Å²) in [5.74, 6) is -3.78. The second-order valence-corrected chi connectivity index (χ2v) is 4.99. The largest absolute Gasteiger partial charge is 0.478 e. The SMILES string of the molecule is O=C(O)c1c(I)ccnc1N1CCC(F)(F)C1. The first-order valence-corrected chi connectivity index (χ1v) is 5.99. The third-order valence-electron chi connectivity index (χ3n) is 2.56. The fraction of sp³-hybridized carbons (Fsp3) is 0.400. The lowest BCUT2D eigenvalue weighted by Gasteiger charge is -2.19. The molecule has 2 rings (SSSR count). The maximum absolute atomic E-state index is 13.1. The average Bonchev–Trinajstić information content (AvgIpc) is 2.57. The predicted octanol–water partition coefficient (Wildman–Crippen LogP) is 2.23. The van der Waals surface area contributed by atoms with Gasteiger partial charge >= 0.3 is 5.97 Å². The Morgan fingerprint density at radius 3 is 2.82 bits per heavy atom. The van der Waals surface area contributed by atoms with E-state index >= 15 is 0 Å². The van der Waals surface area contributed by atoms with E-state index < -0.39 is 18.4 Å². The normalized spacial score (nSPS) is 18.4. The summed E-state index contributed by atoms with van der Waals surface area (Å²) in [5, 5.41) is 9.08. The fourth-order valence-corrected chi connectivity index (χ4v) is 2.41. The molecule has 1 aromatic rings. The highest BCUT2D eigenvalue weighted by Gasteiger charge is 2.40. The first-order valence-electron chi connectivity index (χ1n) is 4.91. The average molecular weight is 354 g/mol. The molecule has 0 spiro atoms. The molecule has 1 aromatic heterocycles. The fourth-order valence-electron chi connectivity index (χ4n) is 1.78. The lowest BCUT2D eigenvalue weighted by Crippen LogP contribution is -2.27. The Kier molecular flexibility index (Phi) is 3.19. The van der Waals surface area contributed by atoms with Gasteiger partial charge in [0, 0.05) is 22.7 Å². The molecule has 4 nitrogen and oxygen atoms in total. The summed E-state index contributed by atoms with van der Waals surface area (Å²) in [6.45, 7) is -0.346. The van der Waals surface area contributed by atoms with Gasteiger partial charge in [0.05, 0.1) is 6.54 Å². The van der Waals surface area contributed by atoms with Gasteiger partial charge in [-0.05, 0) is 28.7 Å². The van der Waals surface area contributed by atoms with Crippen molar-refractivity contribution in [2.45, 2.75) is 12.3 Å². The molecule has 0 aromatic carbocycles. The van der Waals surface area contributed by atoms with E-state index in [9.17, 15) is 13.6 Å². The topological polar surface area (TPSA) is 53.4 Å². The number of pyridine rings is 1. The Hall–Kier alpha value is -0.990. The number of hydrogen-bond donors (Lipinski definition) is 1. The van der Waals surface area contributed by atoms with Gasteiger partial charge in [-0.3, -0.25) is 0 Å². The van der Waals surface area contributed by atoms with Crippen LogP contribution in [0.3, 0.4) is 0 Å². The standard InChI is InChI=1S/C10H9F2IN2O2/c11-10(12)2-4-15(5-10)8-7(9(16)17)6(13)1-3-14-8/h1,3H,2,4-5H2,(H,16,17). The second kappa shape index (κ2) is 4.35. The Balaban J connectivity index is 2.40. The Morgan fingerprint density at radius 2 is 2.29 bits per heavy atom. The summed E-state index contributed by atoms with van der Waals surface area (Å²) in [6.07, 6.45) is 1.17. The van der Waals surface area contributed by atoms with Gasteiger partial charge in [-0.15, -0.1) is 0 Å². The number of alkyl halides is 2. The van der Waals surface area contributed by atoms with E-state index in [2.05, 4.69) is 4.98 Å². The number of hydrogen-bond acceptors (Lipinski definition) is 3. The van der Waals surface area contributed by atoms with Crippen LogP contribution in [0.15, 0.2) is 12.3 Å². The minimum atomic E-state index is -2.77. The van der Waals surface area contributed by atoms with Crippen LogP contribution in [0.4, 0.5) is 14.6 Å². The van der Waals surface area contributed by atoms with E-state index in [1.165, 1.54) is 11.1 Å². The Morgan fingerprint density at radius 1 is 1.59 bits per heavy atom. The van der Waals surface area contributed by atoms with Crippen LogP contribution in [0.5, 0.6) is 0 Å². The van der Waals surface area contributed by atoms with E-state index in [-0.39, 0.29) is 24.3 Å². The van der Waals surface area contributed by atoms with Gasteiger partial charge in [0.2, 0.25) is 0 Å². The van der Waals surface area contributed by atoms with E-state index in [4.69, 9.17) is 5.11 Å². The lowest BCUT2D eigenvalue weighted by atomic mass is 10.2. The van der Waals surface area contributed by atoms with Crippen molar-refractivity contribution in [1.29, 1.82) is 0 Å². The number of nitrogens with zero attached hydrogens (tertiary/aromatic N) is 2. The number of rotatable bonds is 2. The molecule has 2 heterocycles. The van der Waals surface area contributed by atoms with Gasteiger partial charge < -0.3 is 10.0 Å². The summed E-state index contributed by atoms with van der Waals surface area (Å²) in [6, 6.07) is 1.54. The van der Waals surface area contributed by atoms with Crippen LogP contribution in [0.25, 0.3) is 0 Å². The number of aromatic carboxylic acids is 1. The van der Waals surface area contributed by atoms with Crippen LogP contribution < -0.4 is 4.90 Å². The molecule has 0 atom stereocenters. The summed E-state index contributed by atoms with van der Waals surface area (Å²) in [5.41, 5.74) is -0.00852. The molecule has 17 heavy (non-hydrogen) atoms. The zero-order valence-electron chi connectivity index (χ0n) is 8.66. The van der Waals surface area contributed by atoms with Gasteiger partial charge in [0.15, 0.2) is 0 Å². The molecule has 0 unspecified atom stereocenters. The van der Waals surface area contributed by atoms with Crippen molar-refractivity contribution in [1.82, 2.24) is 4.98 Å². The van der Waals surface area contributed by atoms with Crippen LogP contribution in [-0.2, 0) is 0 Å². The Bertz CT molecular complexity index is 468. The monoisotopic (exact) mass is 354 g/mol. The molecule has 1 aliphatic rings. The van der Waals surface area contributed by atoms with E-state index in [1.807, 2.05) is 22.6 Å². The summed E-state index contributed by atoms with van der Waals surface area (Å²) in [4.78, 5) is 16.3. The molecule has 0 aliphatic carbocycles. The smallest absolute Gasteiger partial charge is 0.340 e. The number of carboxylic acid groups (broad SMARTS) is 1. The summed E-state index contributed by atoms with van der Waals surface area (Å²) >= 11 is 1.86. The third-order valence-corrected chi connectivity index (χ3v) is 3.46. The molecule has 1 N–H and O–H groups in total. The van der Waals surface area contributed by atoms with Crippen LogP contribution in [0.2, 0.25) is 0 Å². The van der Waals surface area contributed by atoms with Crippen molar-refractivity contribution in [3.63, 3.8) is 0 Å². The molecule has 1 fully saturated rings. The van der Waals surface area contributed by atoms with Gasteiger partial charge in [-0.25, -0.2) is 18.6 Å². The van der Waals surface area contributed by atoms with Crippen LogP contribution in [0, 0.1) is 3.57 Å². The number of carbonyl (C=O) groups is 1. The zero-order chi connectivity index (χ0) is 12.6. The highest BCUT2D eigenvalue weighted by Crippen LogP contribution is 2.32. The summed E-state index contributed by atoms with van der Waals surface area (Å²) < 4.78 is 26.7. The zero-order valence-corrected chi connectivity index (χ0v) is 10.8. The van der Waals surface area contributed by atoms with Gasteiger partial charge in [0.1, 0.15) is 11.4 Å². The molecule has 92 valence electrons. The molecule has 0 amide bonds. The number of aromatic nitrogens is 1. The highest BCUT2D eigenvalue weighted by molar-refractivity contribution is 14.1. The second-order valence-electron chi connectivity index (χ2n) is 3.82. The minimum absolute atomic E-state index is 0.00852. The molecule has 7 heteroatoms. The van der Waals surface area contributed by atoms with Crippen LogP contribution >= 0.6 is 22.6 Å². The lowest BCUT2D eigenvalue weighted by molar-refractivity contribution is 0.0256. The number of halogens is 3. The molecule has 0 saturated carbocycles.